The molecule has 0 amide bonds. The molecule has 0 aliphatic carbocycles. The Morgan fingerprint density at radius 2 is 2.00 bits per heavy atom. The first kappa shape index (κ1) is 14.2. The first-order valence-electron chi connectivity index (χ1n) is 3.53. The molecule has 0 aromatic carbocycles. The lowest BCUT2D eigenvalue weighted by Gasteiger charge is -2.12. The summed E-state index contributed by atoms with van der Waals surface area (Å²) < 4.78 is 9.50. The van der Waals surface area contributed by atoms with Crippen LogP contribution in [0.25, 0.3) is 0 Å². The highest BCUT2D eigenvalue weighted by Gasteiger charge is 2.15. The van der Waals surface area contributed by atoms with E-state index in [1.54, 1.807) is 13.8 Å². The Bertz CT molecular complexity index is 130. The minimum atomic E-state index is -0.664. The quantitative estimate of drug-likeness (QED) is 0.660. The number of methoxy groups -OCH3 is 1. The van der Waals surface area contributed by atoms with Gasteiger partial charge >= 0.3 is 5.97 Å². The average Bonchev–Trinajstić information content (AvgIpc) is 1.86. The van der Waals surface area contributed by atoms with Gasteiger partial charge < -0.3 is 15.2 Å². The Morgan fingerprint density at radius 1 is 1.50 bits per heavy atom. The molecule has 0 saturated heterocycles. The van der Waals surface area contributed by atoms with Crippen molar-refractivity contribution < 1.29 is 14.3 Å². The lowest BCUT2D eigenvalue weighted by Crippen LogP contribution is -2.37. The highest BCUT2D eigenvalue weighted by Crippen LogP contribution is 1.92. The van der Waals surface area contributed by atoms with Crippen molar-refractivity contribution in [1.82, 2.24) is 0 Å². The summed E-state index contributed by atoms with van der Waals surface area (Å²) in [5.41, 5.74) is 5.38. The van der Waals surface area contributed by atoms with Crippen LogP contribution in [0, 0.1) is 0 Å². The molecule has 0 heterocycles. The number of carbonyl (C=O) groups excluding carboxylic acids is 1. The third-order valence-electron chi connectivity index (χ3n) is 1.00. The van der Waals surface area contributed by atoms with Gasteiger partial charge in [0.15, 0.2) is 0 Å². The number of carbonyl (C=O) groups is 1. The maximum absolute atomic E-state index is 10.9. The molecule has 5 heteroatoms. The molecule has 0 radical (unpaired) electrons. The second-order valence-electron chi connectivity index (χ2n) is 2.55. The topological polar surface area (TPSA) is 61.5 Å². The van der Waals surface area contributed by atoms with Crippen LogP contribution in [-0.2, 0) is 14.3 Å². The molecule has 0 fully saturated rings. The number of esters is 1. The van der Waals surface area contributed by atoms with Gasteiger partial charge in [-0.25, -0.2) is 0 Å². The van der Waals surface area contributed by atoms with Crippen molar-refractivity contribution in [3.05, 3.63) is 0 Å². The van der Waals surface area contributed by atoms with E-state index in [2.05, 4.69) is 4.74 Å². The van der Waals surface area contributed by atoms with Crippen molar-refractivity contribution in [2.75, 3.05) is 13.7 Å². The molecular formula is C7H16ClNO3. The molecule has 0 unspecified atom stereocenters. The van der Waals surface area contributed by atoms with E-state index < -0.39 is 12.0 Å². The fourth-order valence-electron chi connectivity index (χ4n) is 0.567. The molecular weight excluding hydrogens is 182 g/mol. The van der Waals surface area contributed by atoms with E-state index in [9.17, 15) is 4.79 Å². The molecule has 0 aromatic heterocycles. The molecule has 0 rings (SSSR count). The third kappa shape index (κ3) is 6.39. The molecule has 0 saturated carbocycles. The molecule has 0 aliphatic rings. The van der Waals surface area contributed by atoms with Gasteiger partial charge in [-0.05, 0) is 13.8 Å². The van der Waals surface area contributed by atoms with Crippen LogP contribution < -0.4 is 5.73 Å². The predicted octanol–water partition coefficient (Wildman–Crippen LogP) is 0.334. The van der Waals surface area contributed by atoms with Crippen molar-refractivity contribution in [1.29, 1.82) is 0 Å². The van der Waals surface area contributed by atoms with Gasteiger partial charge in [-0.1, -0.05) is 0 Å². The van der Waals surface area contributed by atoms with Crippen LogP contribution in [0.4, 0.5) is 0 Å². The highest BCUT2D eigenvalue weighted by molar-refractivity contribution is 5.85. The van der Waals surface area contributed by atoms with E-state index >= 15 is 0 Å². The van der Waals surface area contributed by atoms with Crippen LogP contribution in [0.3, 0.4) is 0 Å². The summed E-state index contributed by atoms with van der Waals surface area (Å²) in [5.74, 6) is -0.415. The minimum absolute atomic E-state index is 0. The maximum atomic E-state index is 10.9. The van der Waals surface area contributed by atoms with E-state index in [0.29, 0.717) is 0 Å². The largest absolute Gasteiger partial charge is 0.462 e. The summed E-state index contributed by atoms with van der Waals surface area (Å²) >= 11 is 0. The van der Waals surface area contributed by atoms with E-state index in [-0.39, 0.29) is 25.1 Å². The first-order chi connectivity index (χ1) is 5.07. The summed E-state index contributed by atoms with van der Waals surface area (Å²) in [6, 6.07) is -0.664. The van der Waals surface area contributed by atoms with E-state index in [1.807, 2.05) is 0 Å². The predicted molar refractivity (Wildman–Crippen MR) is 48.3 cm³/mol. The summed E-state index contributed by atoms with van der Waals surface area (Å²) in [6.07, 6.45) is -0.120. The molecule has 1 atom stereocenters. The van der Waals surface area contributed by atoms with Crippen LogP contribution in [0.5, 0.6) is 0 Å². The zero-order chi connectivity index (χ0) is 8.85. The zero-order valence-electron chi connectivity index (χ0n) is 7.57. The SMILES string of the molecule is COC[C@H](N)C(=O)OC(C)C.Cl. The monoisotopic (exact) mass is 197 g/mol. The molecule has 12 heavy (non-hydrogen) atoms. The fourth-order valence-corrected chi connectivity index (χ4v) is 0.567. The number of nitrogens with two attached hydrogens (primary N) is 1. The van der Waals surface area contributed by atoms with Crippen LogP contribution in [0.2, 0.25) is 0 Å². The molecule has 74 valence electrons. The van der Waals surface area contributed by atoms with Crippen LogP contribution in [0.1, 0.15) is 13.8 Å². The molecule has 4 nitrogen and oxygen atoms in total. The summed E-state index contributed by atoms with van der Waals surface area (Å²) in [6.45, 7) is 3.75. The number of rotatable bonds is 4. The van der Waals surface area contributed by atoms with Gasteiger partial charge in [-0.2, -0.15) is 0 Å². The van der Waals surface area contributed by atoms with E-state index in [0.717, 1.165) is 0 Å². The Morgan fingerprint density at radius 3 is 2.33 bits per heavy atom. The summed E-state index contributed by atoms with van der Waals surface area (Å²) in [4.78, 5) is 10.9. The van der Waals surface area contributed by atoms with E-state index in [1.165, 1.54) is 7.11 Å². The van der Waals surface area contributed by atoms with Crippen molar-refractivity contribution in [2.24, 2.45) is 5.73 Å². The molecule has 0 aromatic rings. The molecule has 0 spiro atoms. The van der Waals surface area contributed by atoms with Gasteiger partial charge in [0.25, 0.3) is 0 Å². The Hall–Kier alpha value is -0.320. The zero-order valence-corrected chi connectivity index (χ0v) is 8.39. The lowest BCUT2D eigenvalue weighted by molar-refractivity contribution is -0.150. The molecule has 0 bridgehead atoms. The normalized spacial score (nSPS) is 12.1. The average molecular weight is 198 g/mol. The fraction of sp³-hybridized carbons (Fsp3) is 0.857. The molecule has 2 N–H and O–H groups in total. The second-order valence-corrected chi connectivity index (χ2v) is 2.55. The Kier molecular flexibility index (Phi) is 8.69. The van der Waals surface area contributed by atoms with Gasteiger partial charge in [0.1, 0.15) is 6.04 Å². The van der Waals surface area contributed by atoms with Gasteiger partial charge in [0.2, 0.25) is 0 Å². The number of ether oxygens (including phenoxy) is 2. The minimum Gasteiger partial charge on any atom is -0.462 e. The second kappa shape index (κ2) is 7.34. The number of halogens is 1. The van der Waals surface area contributed by atoms with Crippen LogP contribution in [0.15, 0.2) is 0 Å². The summed E-state index contributed by atoms with van der Waals surface area (Å²) in [7, 11) is 1.49. The van der Waals surface area contributed by atoms with Crippen LogP contribution in [-0.4, -0.2) is 31.8 Å². The summed E-state index contributed by atoms with van der Waals surface area (Å²) in [5, 5.41) is 0. The number of hydrogen-bond acceptors (Lipinski definition) is 4. The lowest BCUT2D eigenvalue weighted by atomic mass is 10.3. The Labute approximate surface area is 78.8 Å². The van der Waals surface area contributed by atoms with Crippen LogP contribution >= 0.6 is 12.4 Å². The van der Waals surface area contributed by atoms with E-state index in [4.69, 9.17) is 10.5 Å². The first-order valence-corrected chi connectivity index (χ1v) is 3.53. The van der Waals surface area contributed by atoms with Gasteiger partial charge in [-0.15, -0.1) is 12.4 Å². The van der Waals surface area contributed by atoms with Gasteiger partial charge in [-0.3, -0.25) is 4.79 Å². The third-order valence-corrected chi connectivity index (χ3v) is 1.00. The number of hydrogen-bond donors (Lipinski definition) is 1. The van der Waals surface area contributed by atoms with Gasteiger partial charge in [0.05, 0.1) is 12.7 Å². The smallest absolute Gasteiger partial charge is 0.325 e. The molecule has 0 aliphatic heterocycles. The van der Waals surface area contributed by atoms with Crippen molar-refractivity contribution >= 4 is 18.4 Å². The maximum Gasteiger partial charge on any atom is 0.325 e. The van der Waals surface area contributed by atoms with Crippen molar-refractivity contribution in [3.63, 3.8) is 0 Å². The standard InChI is InChI=1S/C7H15NO3.ClH/c1-5(2)11-7(9)6(8)4-10-3;/h5-6H,4,8H2,1-3H3;1H/t6-;/m0./s1. The highest BCUT2D eigenvalue weighted by atomic mass is 35.5. The van der Waals surface area contributed by atoms with Gasteiger partial charge in [0, 0.05) is 7.11 Å². The van der Waals surface area contributed by atoms with Crippen molar-refractivity contribution in [2.45, 2.75) is 26.0 Å². The van der Waals surface area contributed by atoms with Crippen molar-refractivity contribution in [3.8, 4) is 0 Å². The Balaban J connectivity index is 0.